The summed E-state index contributed by atoms with van der Waals surface area (Å²) in [6, 6.07) is 42.3. The van der Waals surface area contributed by atoms with Crippen LogP contribution in [0.5, 0.6) is 69.0 Å². The smallest absolute Gasteiger partial charge is 0.131 e. The van der Waals surface area contributed by atoms with E-state index in [0.717, 1.165) is 0 Å². The minimum Gasteiger partial charge on any atom is -0.508 e. The van der Waals surface area contributed by atoms with Gasteiger partial charge in [-0.25, -0.2) is 0 Å². The molecule has 6 aromatic rings. The van der Waals surface area contributed by atoms with E-state index in [4.69, 9.17) is 23.7 Å². The van der Waals surface area contributed by atoms with Gasteiger partial charge in [0.2, 0.25) is 0 Å². The number of rotatable bonds is 10. The molecular formula is C36H26O7. The van der Waals surface area contributed by atoms with Crippen molar-refractivity contribution < 1.29 is 33.9 Å². The summed E-state index contributed by atoms with van der Waals surface area (Å²) in [5, 5.41) is 19.2. The maximum absolute atomic E-state index is 9.62. The number of phenolic OH excluding ortho intramolecular Hbond substituents is 2. The van der Waals surface area contributed by atoms with Gasteiger partial charge in [-0.05, 0) is 97.1 Å². The highest BCUT2D eigenvalue weighted by Gasteiger charge is 2.06. The summed E-state index contributed by atoms with van der Waals surface area (Å²) in [5.74, 6) is 6.31. The van der Waals surface area contributed by atoms with Gasteiger partial charge in [-0.1, -0.05) is 24.3 Å². The van der Waals surface area contributed by atoms with Crippen molar-refractivity contribution in [2.24, 2.45) is 0 Å². The van der Waals surface area contributed by atoms with Crippen LogP contribution in [0.15, 0.2) is 146 Å². The first kappa shape index (κ1) is 27.1. The highest BCUT2D eigenvalue weighted by atomic mass is 16.5. The van der Waals surface area contributed by atoms with Crippen molar-refractivity contribution in [1.82, 2.24) is 0 Å². The van der Waals surface area contributed by atoms with Gasteiger partial charge in [0, 0.05) is 24.3 Å². The highest BCUT2D eigenvalue weighted by molar-refractivity contribution is 5.44. The number of benzene rings is 6. The van der Waals surface area contributed by atoms with Crippen LogP contribution < -0.4 is 23.7 Å². The molecular weight excluding hydrogens is 544 g/mol. The van der Waals surface area contributed by atoms with Crippen LogP contribution in [0.1, 0.15) is 0 Å². The van der Waals surface area contributed by atoms with Crippen LogP contribution in [-0.4, -0.2) is 10.2 Å². The Balaban J connectivity index is 1.06. The minimum absolute atomic E-state index is 0.141. The summed E-state index contributed by atoms with van der Waals surface area (Å²) in [6.07, 6.45) is 0. The summed E-state index contributed by atoms with van der Waals surface area (Å²) < 4.78 is 29.6. The molecule has 7 heteroatoms. The van der Waals surface area contributed by atoms with Gasteiger partial charge in [0.15, 0.2) is 0 Å². The molecule has 0 saturated carbocycles. The summed E-state index contributed by atoms with van der Waals surface area (Å²) in [7, 11) is 0. The van der Waals surface area contributed by atoms with Gasteiger partial charge >= 0.3 is 0 Å². The van der Waals surface area contributed by atoms with Crippen LogP contribution in [0.2, 0.25) is 0 Å². The molecule has 0 atom stereocenters. The SMILES string of the molecule is Oc1cccc(Oc2ccc(Oc3cccc(Oc4cccc(Oc5ccc(Oc6cccc(O)c6)cc5)c4)c3)cc2)c1. The molecule has 0 aromatic heterocycles. The van der Waals surface area contributed by atoms with E-state index in [2.05, 4.69) is 0 Å². The summed E-state index contributed by atoms with van der Waals surface area (Å²) in [5.41, 5.74) is 0. The van der Waals surface area contributed by atoms with E-state index in [-0.39, 0.29) is 11.5 Å². The number of ether oxygens (including phenoxy) is 5. The van der Waals surface area contributed by atoms with Crippen molar-refractivity contribution >= 4 is 0 Å². The van der Waals surface area contributed by atoms with Gasteiger partial charge in [0.1, 0.15) is 69.0 Å². The molecule has 0 aliphatic heterocycles. The van der Waals surface area contributed by atoms with Crippen LogP contribution in [0.4, 0.5) is 0 Å². The Labute approximate surface area is 248 Å². The minimum atomic E-state index is 0.141. The molecule has 6 aromatic carbocycles. The van der Waals surface area contributed by atoms with E-state index >= 15 is 0 Å². The van der Waals surface area contributed by atoms with E-state index in [0.29, 0.717) is 57.5 Å². The lowest BCUT2D eigenvalue weighted by molar-refractivity contribution is 0.446. The van der Waals surface area contributed by atoms with Crippen molar-refractivity contribution in [3.05, 3.63) is 146 Å². The van der Waals surface area contributed by atoms with Crippen LogP contribution in [0.25, 0.3) is 0 Å². The van der Waals surface area contributed by atoms with E-state index in [9.17, 15) is 10.2 Å². The molecule has 6 rings (SSSR count). The van der Waals surface area contributed by atoms with Crippen molar-refractivity contribution in [3.63, 3.8) is 0 Å². The molecule has 0 aliphatic rings. The molecule has 2 N–H and O–H groups in total. The first-order chi connectivity index (χ1) is 21.0. The zero-order valence-corrected chi connectivity index (χ0v) is 22.8. The van der Waals surface area contributed by atoms with Crippen LogP contribution in [0, 0.1) is 0 Å². The molecule has 43 heavy (non-hydrogen) atoms. The number of phenols is 2. The maximum atomic E-state index is 9.62. The molecule has 0 spiro atoms. The van der Waals surface area contributed by atoms with Crippen molar-refractivity contribution in [1.29, 1.82) is 0 Å². The molecule has 0 heterocycles. The van der Waals surface area contributed by atoms with E-state index in [1.54, 1.807) is 109 Å². The molecule has 0 amide bonds. The number of aromatic hydroxyl groups is 2. The molecule has 0 bridgehead atoms. The first-order valence-electron chi connectivity index (χ1n) is 13.4. The molecule has 0 fully saturated rings. The standard InChI is InChI=1S/C36H26O7/c37-25-5-1-7-31(21-25)39-27-13-17-29(18-14-27)41-33-9-3-11-35(23-33)43-36-12-4-10-34(24-36)42-30-19-15-28(16-20-30)40-32-8-2-6-26(38)22-32/h1-24,37-38H. The Morgan fingerprint density at radius 2 is 0.488 bits per heavy atom. The highest BCUT2D eigenvalue weighted by Crippen LogP contribution is 2.33. The second-order valence-electron chi connectivity index (χ2n) is 9.40. The van der Waals surface area contributed by atoms with Gasteiger partial charge < -0.3 is 33.9 Å². The molecule has 212 valence electrons. The Bertz CT molecular complexity index is 1680. The largest absolute Gasteiger partial charge is 0.508 e. The monoisotopic (exact) mass is 570 g/mol. The normalized spacial score (nSPS) is 10.5. The number of hydrogen-bond donors (Lipinski definition) is 2. The quantitative estimate of drug-likeness (QED) is 0.169. The van der Waals surface area contributed by atoms with Crippen LogP contribution in [-0.2, 0) is 0 Å². The summed E-state index contributed by atoms with van der Waals surface area (Å²) in [6.45, 7) is 0. The number of hydrogen-bond acceptors (Lipinski definition) is 7. The second kappa shape index (κ2) is 12.6. The van der Waals surface area contributed by atoms with Gasteiger partial charge in [-0.3, -0.25) is 0 Å². The van der Waals surface area contributed by atoms with Crippen molar-refractivity contribution in [3.8, 4) is 69.0 Å². The third-order valence-electron chi connectivity index (χ3n) is 6.07. The Kier molecular flexibility index (Phi) is 7.95. The zero-order valence-electron chi connectivity index (χ0n) is 22.8. The van der Waals surface area contributed by atoms with Crippen LogP contribution in [0.3, 0.4) is 0 Å². The van der Waals surface area contributed by atoms with Gasteiger partial charge in [0.25, 0.3) is 0 Å². The van der Waals surface area contributed by atoms with E-state index in [1.807, 2.05) is 36.4 Å². The third kappa shape index (κ3) is 7.56. The van der Waals surface area contributed by atoms with E-state index in [1.165, 1.54) is 0 Å². The Morgan fingerprint density at radius 1 is 0.256 bits per heavy atom. The third-order valence-corrected chi connectivity index (χ3v) is 6.07. The average Bonchev–Trinajstić information content (AvgIpc) is 3.00. The average molecular weight is 571 g/mol. The van der Waals surface area contributed by atoms with Gasteiger partial charge in [-0.15, -0.1) is 0 Å². The van der Waals surface area contributed by atoms with Crippen molar-refractivity contribution in [2.75, 3.05) is 0 Å². The zero-order chi connectivity index (χ0) is 29.4. The second-order valence-corrected chi connectivity index (χ2v) is 9.40. The fourth-order valence-corrected chi connectivity index (χ4v) is 4.13. The molecule has 0 unspecified atom stereocenters. The Hall–Kier alpha value is -6.08. The fraction of sp³-hybridized carbons (Fsp3) is 0. The predicted molar refractivity (Wildman–Crippen MR) is 162 cm³/mol. The lowest BCUT2D eigenvalue weighted by Crippen LogP contribution is -1.89. The van der Waals surface area contributed by atoms with Crippen LogP contribution >= 0.6 is 0 Å². The molecule has 0 radical (unpaired) electrons. The Morgan fingerprint density at radius 3 is 0.767 bits per heavy atom. The summed E-state index contributed by atoms with van der Waals surface area (Å²) >= 11 is 0. The first-order valence-corrected chi connectivity index (χ1v) is 13.4. The molecule has 0 aliphatic carbocycles. The summed E-state index contributed by atoms with van der Waals surface area (Å²) in [4.78, 5) is 0. The van der Waals surface area contributed by atoms with Crippen molar-refractivity contribution in [2.45, 2.75) is 0 Å². The predicted octanol–water partition coefficient (Wildman–Crippen LogP) is 10.1. The van der Waals surface area contributed by atoms with Gasteiger partial charge in [0.05, 0.1) is 0 Å². The topological polar surface area (TPSA) is 86.6 Å². The maximum Gasteiger partial charge on any atom is 0.131 e. The fourth-order valence-electron chi connectivity index (χ4n) is 4.13. The van der Waals surface area contributed by atoms with E-state index < -0.39 is 0 Å². The molecule has 0 saturated heterocycles. The van der Waals surface area contributed by atoms with Gasteiger partial charge in [-0.2, -0.15) is 0 Å². The lowest BCUT2D eigenvalue weighted by atomic mass is 10.3. The molecule has 7 nitrogen and oxygen atoms in total. The lowest BCUT2D eigenvalue weighted by Gasteiger charge is -2.12.